The predicted molar refractivity (Wildman–Crippen MR) is 165 cm³/mol. The number of allylic oxidation sites excluding steroid dienone is 2. The van der Waals surface area contributed by atoms with Crippen LogP contribution in [-0.4, -0.2) is 95.7 Å². The zero-order valence-corrected chi connectivity index (χ0v) is 25.5. The van der Waals surface area contributed by atoms with Crippen molar-refractivity contribution in [1.29, 1.82) is 0 Å². The lowest BCUT2D eigenvalue weighted by atomic mass is 9.85. The van der Waals surface area contributed by atoms with Crippen LogP contribution in [0.2, 0.25) is 0 Å². The highest BCUT2D eigenvalue weighted by molar-refractivity contribution is 6.27. The molecule has 6 rings (SSSR count). The second kappa shape index (κ2) is 14.5. The fraction of sp³-hybridized carbons (Fsp3) is 0.412. The molecule has 13 heteroatoms. The molecule has 2 heterocycles. The Labute approximate surface area is 269 Å². The minimum Gasteiger partial charge on any atom is -0.473 e. The van der Waals surface area contributed by atoms with E-state index >= 15 is 0 Å². The van der Waals surface area contributed by atoms with Crippen LogP contribution in [0.4, 0.5) is 18.9 Å². The summed E-state index contributed by atoms with van der Waals surface area (Å²) >= 11 is 0. The van der Waals surface area contributed by atoms with Gasteiger partial charge in [0.05, 0.1) is 36.7 Å². The summed E-state index contributed by atoms with van der Waals surface area (Å²) < 4.78 is 45.9. The molecule has 2 bridgehead atoms. The number of ether oxygens (including phenoxy) is 1. The summed E-state index contributed by atoms with van der Waals surface area (Å²) in [6, 6.07) is 15.3. The van der Waals surface area contributed by atoms with E-state index in [1.54, 1.807) is 6.07 Å². The molecule has 0 aromatic heterocycles. The van der Waals surface area contributed by atoms with Gasteiger partial charge in [-0.25, -0.2) is 9.59 Å². The van der Waals surface area contributed by atoms with Gasteiger partial charge < -0.3 is 19.8 Å². The smallest absolute Gasteiger partial charge is 0.416 e. The number of hydrogen-bond acceptors (Lipinski definition) is 7. The van der Waals surface area contributed by atoms with E-state index in [-0.39, 0.29) is 48.1 Å². The number of alkyl halides is 3. The molecule has 2 saturated heterocycles. The van der Waals surface area contributed by atoms with Crippen molar-refractivity contribution in [2.75, 3.05) is 50.8 Å². The number of piperazine rings is 1. The number of rotatable bonds is 9. The van der Waals surface area contributed by atoms with Gasteiger partial charge in [-0.05, 0) is 42.0 Å². The average molecular weight is 656 g/mol. The van der Waals surface area contributed by atoms with E-state index in [4.69, 9.17) is 24.5 Å². The van der Waals surface area contributed by atoms with Gasteiger partial charge in [0.25, 0.3) is 0 Å². The number of nitrogens with zero attached hydrogens (tertiary/aromatic N) is 3. The van der Waals surface area contributed by atoms with Crippen molar-refractivity contribution in [3.05, 3.63) is 84.0 Å². The second-order valence-electron chi connectivity index (χ2n) is 12.0. The molecule has 3 fully saturated rings. The van der Waals surface area contributed by atoms with Crippen LogP contribution >= 0.6 is 0 Å². The van der Waals surface area contributed by atoms with Gasteiger partial charge in [-0.2, -0.15) is 13.2 Å². The number of carbonyl (C=O) groups excluding carboxylic acids is 2. The maximum atomic E-state index is 13.3. The van der Waals surface area contributed by atoms with Gasteiger partial charge in [0, 0.05) is 38.4 Å². The normalized spacial score (nSPS) is 24.4. The third-order valence-electron chi connectivity index (χ3n) is 9.04. The first kappa shape index (κ1) is 33.9. The van der Waals surface area contributed by atoms with Crippen molar-refractivity contribution < 1.29 is 47.3 Å². The summed E-state index contributed by atoms with van der Waals surface area (Å²) in [6.07, 6.45) is 4.22. The molecule has 2 aromatic rings. The van der Waals surface area contributed by atoms with Gasteiger partial charge in [-0.15, -0.1) is 0 Å². The monoisotopic (exact) mass is 655 g/mol. The zero-order chi connectivity index (χ0) is 33.7. The van der Waals surface area contributed by atoms with Crippen LogP contribution in [0, 0.1) is 23.7 Å². The van der Waals surface area contributed by atoms with E-state index in [1.807, 2.05) is 47.4 Å². The number of aliphatic carboxylic acids is 2. The minimum atomic E-state index is -4.38. The molecule has 2 aliphatic heterocycles. The minimum absolute atomic E-state index is 0.0837. The molecule has 2 aromatic carbocycles. The number of hydrogen-bond donors (Lipinski definition) is 2. The number of amides is 2. The Bertz CT molecular complexity index is 1480. The van der Waals surface area contributed by atoms with Crippen LogP contribution in [0.1, 0.15) is 17.5 Å². The Hall–Kier alpha value is -4.49. The van der Waals surface area contributed by atoms with Crippen molar-refractivity contribution in [3.8, 4) is 0 Å². The Balaban J connectivity index is 0.000000662. The van der Waals surface area contributed by atoms with Crippen molar-refractivity contribution in [2.45, 2.75) is 18.7 Å². The summed E-state index contributed by atoms with van der Waals surface area (Å²) in [7, 11) is 0. The Morgan fingerprint density at radius 2 is 1.49 bits per heavy atom. The summed E-state index contributed by atoms with van der Waals surface area (Å²) in [5.74, 6) is -3.99. The van der Waals surface area contributed by atoms with Gasteiger partial charge in [0.15, 0.2) is 0 Å². The van der Waals surface area contributed by atoms with E-state index in [0.29, 0.717) is 45.0 Å². The molecule has 10 nitrogen and oxygen atoms in total. The number of anilines is 1. The van der Waals surface area contributed by atoms with Gasteiger partial charge >= 0.3 is 18.1 Å². The highest BCUT2D eigenvalue weighted by atomic mass is 19.4. The van der Waals surface area contributed by atoms with Crippen LogP contribution in [0.15, 0.2) is 72.8 Å². The highest BCUT2D eigenvalue weighted by Gasteiger charge is 2.59. The van der Waals surface area contributed by atoms with Crippen LogP contribution in [0.3, 0.4) is 0 Å². The Morgan fingerprint density at radius 1 is 0.872 bits per heavy atom. The first-order valence-electron chi connectivity index (χ1n) is 15.4. The second-order valence-corrected chi connectivity index (χ2v) is 12.0. The number of fused-ring (bicyclic) bond motifs is 5. The fourth-order valence-corrected chi connectivity index (χ4v) is 6.81. The van der Waals surface area contributed by atoms with Gasteiger partial charge in [0.2, 0.25) is 11.8 Å². The fourth-order valence-electron chi connectivity index (χ4n) is 6.81. The van der Waals surface area contributed by atoms with E-state index in [9.17, 15) is 22.8 Å². The van der Waals surface area contributed by atoms with Gasteiger partial charge in [-0.1, -0.05) is 60.7 Å². The maximum absolute atomic E-state index is 13.3. The van der Waals surface area contributed by atoms with Crippen molar-refractivity contribution in [3.63, 3.8) is 0 Å². The zero-order valence-electron chi connectivity index (χ0n) is 25.5. The first-order chi connectivity index (χ1) is 22.4. The molecule has 0 radical (unpaired) electrons. The van der Waals surface area contributed by atoms with Gasteiger partial charge in [0.1, 0.15) is 0 Å². The molecule has 2 N–H and O–H groups in total. The van der Waals surface area contributed by atoms with Crippen LogP contribution in [-0.2, 0) is 30.1 Å². The first-order valence-corrected chi connectivity index (χ1v) is 15.4. The lowest BCUT2D eigenvalue weighted by molar-refractivity contribution is -0.159. The third kappa shape index (κ3) is 8.09. The molecule has 47 heavy (non-hydrogen) atoms. The average Bonchev–Trinajstić information content (AvgIpc) is 3.74. The molecular weight excluding hydrogens is 619 g/mol. The van der Waals surface area contributed by atoms with Crippen molar-refractivity contribution >= 4 is 35.5 Å². The summed E-state index contributed by atoms with van der Waals surface area (Å²) in [5.41, 5.74) is 0.961. The molecule has 5 atom stereocenters. The molecule has 0 spiro atoms. The van der Waals surface area contributed by atoms with E-state index in [0.717, 1.165) is 18.1 Å². The standard InChI is InChI=1S/C32H34F3N3O3.C2H2O4/c33-32(34,35)25-9-4-10-26(19-25)37-15-13-36(14-16-37)20-27(41-17-5-8-22-6-2-1-3-7-22)21-38-30(39)28-23-11-12-24(18-23)29(28)31(38)40;3-1(4)2(5)6/h1-12,19,23-24,27-29H,13-18,20-21H2;(H,3,4)(H,5,6)/t23-,24?,27?,28-,29?;/m0./s1. The number of carboxylic acids is 2. The van der Waals surface area contributed by atoms with Gasteiger partial charge in [-0.3, -0.25) is 19.4 Å². The molecule has 2 amide bonds. The SMILES string of the molecule is O=C(O)C(=O)O.O=C1C2C3C=C[C@@H](C3)[C@@H]2C(=O)N1CC(CN1CCN(c2cccc(C(F)(F)F)c2)CC1)OCC=Cc1ccccc1. The summed E-state index contributed by atoms with van der Waals surface area (Å²) in [5, 5.41) is 14.8. The largest absolute Gasteiger partial charge is 0.473 e. The molecule has 250 valence electrons. The van der Waals surface area contributed by atoms with E-state index < -0.39 is 23.7 Å². The molecular formula is C34H36F3N3O7. The molecule has 4 aliphatic rings. The molecule has 2 aliphatic carbocycles. The summed E-state index contributed by atoms with van der Waals surface area (Å²) in [4.78, 5) is 50.4. The summed E-state index contributed by atoms with van der Waals surface area (Å²) in [6.45, 7) is 3.48. The Morgan fingerprint density at radius 3 is 2.06 bits per heavy atom. The van der Waals surface area contributed by atoms with Crippen LogP contribution < -0.4 is 4.90 Å². The third-order valence-corrected chi connectivity index (χ3v) is 9.04. The van der Waals surface area contributed by atoms with Crippen molar-refractivity contribution in [1.82, 2.24) is 9.80 Å². The number of halogens is 3. The van der Waals surface area contributed by atoms with Crippen molar-refractivity contribution in [2.24, 2.45) is 23.7 Å². The number of likely N-dealkylation sites (tertiary alicyclic amines) is 1. The lowest BCUT2D eigenvalue weighted by Gasteiger charge is -2.38. The van der Waals surface area contributed by atoms with Crippen LogP contribution in [0.5, 0.6) is 0 Å². The maximum Gasteiger partial charge on any atom is 0.416 e. The topological polar surface area (TPSA) is 128 Å². The number of benzene rings is 2. The number of carbonyl (C=O) groups is 4. The van der Waals surface area contributed by atoms with E-state index in [2.05, 4.69) is 17.1 Å². The Kier molecular flexibility index (Phi) is 10.5. The highest BCUT2D eigenvalue weighted by Crippen LogP contribution is 2.52. The predicted octanol–water partition coefficient (Wildman–Crippen LogP) is 3.89. The number of imide groups is 1. The number of carboxylic acid groups (broad SMARTS) is 2. The lowest BCUT2D eigenvalue weighted by Crippen LogP contribution is -2.51. The van der Waals surface area contributed by atoms with E-state index in [1.165, 1.54) is 17.0 Å². The molecule has 3 unspecified atom stereocenters. The van der Waals surface area contributed by atoms with Crippen LogP contribution in [0.25, 0.3) is 6.08 Å². The molecule has 1 saturated carbocycles. The quantitative estimate of drug-likeness (QED) is 0.235.